The lowest BCUT2D eigenvalue weighted by Gasteiger charge is -2.30. The van der Waals surface area contributed by atoms with Crippen molar-refractivity contribution in [3.05, 3.63) is 89.9 Å². The van der Waals surface area contributed by atoms with Crippen molar-refractivity contribution in [3.63, 3.8) is 0 Å². The van der Waals surface area contributed by atoms with Gasteiger partial charge in [0.1, 0.15) is 5.82 Å². The molecule has 1 atom stereocenters. The van der Waals surface area contributed by atoms with Crippen LogP contribution in [0.4, 0.5) is 10.1 Å². The third-order valence-corrected chi connectivity index (χ3v) is 7.06. The van der Waals surface area contributed by atoms with Gasteiger partial charge >= 0.3 is 5.97 Å². The first-order valence-electron chi connectivity index (χ1n) is 13.4. The molecule has 0 bridgehead atoms. The third-order valence-electron chi connectivity index (χ3n) is 7.06. The van der Waals surface area contributed by atoms with Crippen LogP contribution in [0.5, 0.6) is 0 Å². The molecule has 194 valence electrons. The number of rotatable bonds is 7. The number of amides is 1. The van der Waals surface area contributed by atoms with Crippen LogP contribution in [0.15, 0.2) is 72.9 Å². The molecule has 1 N–H and O–H groups in total. The second-order valence-electron chi connectivity index (χ2n) is 9.75. The molecule has 6 nitrogen and oxygen atoms in total. The Morgan fingerprint density at radius 1 is 1.08 bits per heavy atom. The van der Waals surface area contributed by atoms with E-state index in [1.165, 1.54) is 23.1 Å². The van der Waals surface area contributed by atoms with Crippen LogP contribution in [0, 0.1) is 11.7 Å². The summed E-state index contributed by atoms with van der Waals surface area (Å²) in [4.78, 5) is 26.1. The molecule has 0 saturated heterocycles. The number of carboxylic acid groups (broad SMARTS) is 1. The van der Waals surface area contributed by atoms with Crippen molar-refractivity contribution in [3.8, 4) is 11.1 Å². The lowest BCUT2D eigenvalue weighted by Crippen LogP contribution is -2.36. The molecule has 1 heterocycles. The summed E-state index contributed by atoms with van der Waals surface area (Å²) in [6.07, 6.45) is 8.46. The normalized spacial score (nSPS) is 15.5. The highest BCUT2D eigenvalue weighted by atomic mass is 19.1. The Hall–Kier alpha value is -4.26. The summed E-state index contributed by atoms with van der Waals surface area (Å²) >= 11 is 0. The second-order valence-corrected chi connectivity index (χ2v) is 9.75. The predicted molar refractivity (Wildman–Crippen MR) is 147 cm³/mol. The highest BCUT2D eigenvalue weighted by molar-refractivity contribution is 5.95. The Balaban J connectivity index is 1.49. The number of hydrogen-bond donors (Lipinski definition) is 1. The monoisotopic (exact) mass is 512 g/mol. The van der Waals surface area contributed by atoms with Crippen LogP contribution in [0.1, 0.15) is 44.6 Å². The fourth-order valence-electron chi connectivity index (χ4n) is 5.06. The van der Waals surface area contributed by atoms with Crippen molar-refractivity contribution in [2.45, 2.75) is 38.6 Å². The molecule has 0 spiro atoms. The van der Waals surface area contributed by atoms with E-state index in [9.17, 15) is 14.0 Å². The zero-order chi connectivity index (χ0) is 27.5. The van der Waals surface area contributed by atoms with E-state index < -0.39 is 18.3 Å². The van der Waals surface area contributed by atoms with Gasteiger partial charge in [0.05, 0.1) is 19.6 Å². The van der Waals surface area contributed by atoms with Gasteiger partial charge in [-0.15, -0.1) is 0 Å². The molecule has 0 radical (unpaired) electrons. The molecule has 1 amide bonds. The number of carbonyl (C=O) groups excluding carboxylic acids is 1. The summed E-state index contributed by atoms with van der Waals surface area (Å²) in [5.41, 5.74) is 4.15. The van der Waals surface area contributed by atoms with Crippen molar-refractivity contribution in [2.75, 3.05) is 4.90 Å². The summed E-state index contributed by atoms with van der Waals surface area (Å²) in [6.45, 7) is -1.10. The second kappa shape index (κ2) is 11.0. The average molecular weight is 513 g/mol. The van der Waals surface area contributed by atoms with Crippen molar-refractivity contribution >= 4 is 34.5 Å². The van der Waals surface area contributed by atoms with Crippen molar-refractivity contribution in [2.24, 2.45) is 13.0 Å². The minimum atomic E-state index is -1.16. The number of carboxylic acids is 1. The molecule has 1 saturated carbocycles. The Labute approximate surface area is 222 Å². The van der Waals surface area contributed by atoms with Gasteiger partial charge in [-0.25, -0.2) is 9.18 Å². The van der Waals surface area contributed by atoms with Crippen molar-refractivity contribution < 1.29 is 20.5 Å². The number of anilines is 1. The summed E-state index contributed by atoms with van der Waals surface area (Å²) in [5.74, 6) is -2.21. The van der Waals surface area contributed by atoms with Gasteiger partial charge in [0.15, 0.2) is 0 Å². The van der Waals surface area contributed by atoms with Gasteiger partial charge in [0.25, 0.3) is 0 Å². The minimum absolute atomic E-state index is 0.209. The molecule has 3 aromatic carbocycles. The smallest absolute Gasteiger partial charge is 0.328 e. The van der Waals surface area contributed by atoms with Gasteiger partial charge in [-0.3, -0.25) is 9.48 Å². The Bertz CT molecular complexity index is 1540. The summed E-state index contributed by atoms with van der Waals surface area (Å²) in [5, 5.41) is 14.3. The maximum Gasteiger partial charge on any atom is 0.328 e. The maximum absolute atomic E-state index is 14.7. The van der Waals surface area contributed by atoms with Crippen LogP contribution < -0.4 is 4.90 Å². The Morgan fingerprint density at radius 2 is 1.82 bits per heavy atom. The number of halogens is 1. The molecule has 1 aliphatic rings. The molecule has 4 aromatic rings. The van der Waals surface area contributed by atoms with E-state index in [0.717, 1.165) is 60.2 Å². The maximum atomic E-state index is 14.7. The first-order valence-corrected chi connectivity index (χ1v) is 12.8. The average Bonchev–Trinajstić information content (AvgIpc) is 3.32. The lowest BCUT2D eigenvalue weighted by atomic mass is 9.88. The van der Waals surface area contributed by atoms with E-state index in [2.05, 4.69) is 11.2 Å². The third kappa shape index (κ3) is 5.67. The lowest BCUT2D eigenvalue weighted by molar-refractivity contribution is -0.131. The number of aliphatic carboxylic acids is 1. The van der Waals surface area contributed by atoms with E-state index in [1.54, 1.807) is 6.07 Å². The van der Waals surface area contributed by atoms with Crippen LogP contribution >= 0.6 is 0 Å². The van der Waals surface area contributed by atoms with Gasteiger partial charge in [0.2, 0.25) is 5.91 Å². The van der Waals surface area contributed by atoms with E-state index in [1.807, 2.05) is 54.3 Å². The quantitative estimate of drug-likeness (QED) is 0.284. The van der Waals surface area contributed by atoms with Crippen LogP contribution in [0.3, 0.4) is 0 Å². The van der Waals surface area contributed by atoms with Crippen molar-refractivity contribution in [1.82, 2.24) is 9.78 Å². The van der Waals surface area contributed by atoms with Crippen LogP contribution in [-0.4, -0.2) is 26.8 Å². The number of aromatic nitrogens is 2. The number of aryl methyl sites for hydroxylation is 1. The van der Waals surface area contributed by atoms with Crippen LogP contribution in [0.2, 0.25) is 0 Å². The molecule has 0 aliphatic heterocycles. The SMILES string of the molecule is [2H][C@@H](c1ccc(-c2ccc3c(cnn3C)c2)cc1)N(C(=O)C1CCCCC1)c1cc(F)cc(/C=C/C(=O)O)c1. The van der Waals surface area contributed by atoms with Crippen LogP contribution in [0.25, 0.3) is 28.1 Å². The summed E-state index contributed by atoms with van der Waals surface area (Å²) in [7, 11) is 1.90. The van der Waals surface area contributed by atoms with E-state index in [0.29, 0.717) is 11.1 Å². The number of fused-ring (bicyclic) bond motifs is 1. The molecular formula is C31H30FN3O3. The number of hydrogen-bond acceptors (Lipinski definition) is 3. The van der Waals surface area contributed by atoms with Gasteiger partial charge in [0, 0.05) is 30.1 Å². The predicted octanol–water partition coefficient (Wildman–Crippen LogP) is 6.59. The molecule has 0 unspecified atom stereocenters. The molecule has 38 heavy (non-hydrogen) atoms. The van der Waals surface area contributed by atoms with Crippen molar-refractivity contribution in [1.29, 1.82) is 0 Å². The zero-order valence-electron chi connectivity index (χ0n) is 22.2. The van der Waals surface area contributed by atoms with Gasteiger partial charge in [-0.2, -0.15) is 5.10 Å². The first kappa shape index (κ1) is 24.1. The molecule has 7 heteroatoms. The van der Waals surface area contributed by atoms with Crippen LogP contribution in [-0.2, 0) is 23.2 Å². The number of benzene rings is 3. The first-order chi connectivity index (χ1) is 18.8. The van der Waals surface area contributed by atoms with E-state index in [-0.39, 0.29) is 17.5 Å². The van der Waals surface area contributed by atoms with Gasteiger partial charge < -0.3 is 10.0 Å². The number of carbonyl (C=O) groups is 2. The molecule has 1 aliphatic carbocycles. The Morgan fingerprint density at radius 3 is 2.55 bits per heavy atom. The molecule has 1 aromatic heterocycles. The summed E-state index contributed by atoms with van der Waals surface area (Å²) < 4.78 is 25.6. The standard InChI is InChI=1S/C31H30FN3O3/c1-34-29-13-12-25(17-26(29)19-33-34)23-10-7-21(8-11-23)20-35(31(38)24-5-3-2-4-6-24)28-16-22(9-14-30(36)37)15-27(32)18-28/h7-19,24H,2-6,20H2,1H3,(H,36,37)/b14-9+/i20D/t20-/m0/s1. The Kier molecular flexibility index (Phi) is 6.98. The molecule has 1 fully saturated rings. The largest absolute Gasteiger partial charge is 0.478 e. The van der Waals surface area contributed by atoms with E-state index >= 15 is 0 Å². The topological polar surface area (TPSA) is 75.4 Å². The molecular weight excluding hydrogens is 481 g/mol. The minimum Gasteiger partial charge on any atom is -0.478 e. The summed E-state index contributed by atoms with van der Waals surface area (Å²) in [6, 6.07) is 17.6. The highest BCUT2D eigenvalue weighted by Gasteiger charge is 2.27. The fourth-order valence-corrected chi connectivity index (χ4v) is 5.06. The molecule has 5 rings (SSSR count). The fraction of sp³-hybridized carbons (Fsp3) is 0.258. The van der Waals surface area contributed by atoms with E-state index in [4.69, 9.17) is 6.48 Å². The zero-order valence-corrected chi connectivity index (χ0v) is 21.2. The van der Waals surface area contributed by atoms with Gasteiger partial charge in [-0.05, 0) is 71.5 Å². The highest BCUT2D eigenvalue weighted by Crippen LogP contribution is 2.31. The number of nitrogens with zero attached hydrogens (tertiary/aromatic N) is 3. The van der Waals surface area contributed by atoms with Gasteiger partial charge in [-0.1, -0.05) is 49.6 Å².